The van der Waals surface area contributed by atoms with Gasteiger partial charge in [-0.3, -0.25) is 0 Å². The highest BCUT2D eigenvalue weighted by molar-refractivity contribution is 4.61. The van der Waals surface area contributed by atoms with E-state index in [0.29, 0.717) is 0 Å². The van der Waals surface area contributed by atoms with Crippen LogP contribution in [-0.4, -0.2) is 0 Å². The van der Waals surface area contributed by atoms with Crippen LogP contribution in [0.3, 0.4) is 0 Å². The zero-order chi connectivity index (χ0) is 6.41. The van der Waals surface area contributed by atoms with Crippen LogP contribution in [0.15, 0.2) is 0 Å². The van der Waals surface area contributed by atoms with E-state index in [9.17, 15) is 0 Å². The molecule has 0 saturated heterocycles. The predicted octanol–water partition coefficient (Wildman–Crippen LogP) is 3.04. The third-order valence-corrected chi connectivity index (χ3v) is 1.24. The number of unbranched alkanes of at least 4 members (excludes halogenated alkanes) is 2. The lowest BCUT2D eigenvalue weighted by Gasteiger charge is -2.09. The normalized spacial score (nSPS) is 10.5. The minimum Gasteiger partial charge on any atom is -0.329 e. The molecule has 0 atom stereocenters. The van der Waals surface area contributed by atoms with E-state index in [-0.39, 0.29) is 0 Å². The van der Waals surface area contributed by atoms with Crippen LogP contribution in [0.2, 0.25) is 0 Å². The molecule has 0 aromatic rings. The van der Waals surface area contributed by atoms with E-state index in [1.807, 2.05) is 0 Å². The van der Waals surface area contributed by atoms with E-state index >= 15 is 0 Å². The lowest BCUT2D eigenvalue weighted by molar-refractivity contribution is 0.577. The monoisotopic (exact) mass is 113 g/mol. The highest BCUT2D eigenvalue weighted by Crippen LogP contribution is 2.05. The Balaban J connectivity index is 2.72. The summed E-state index contributed by atoms with van der Waals surface area (Å²) in [5, 5.41) is 0. The average Bonchev–Trinajstić information content (AvgIpc) is 1.66. The molecule has 0 saturated carbocycles. The van der Waals surface area contributed by atoms with Gasteiger partial charge in [-0.1, -0.05) is 27.2 Å². The van der Waals surface area contributed by atoms with Gasteiger partial charge in [0.25, 0.3) is 0 Å². The maximum absolute atomic E-state index is 2.35. The number of hydrogen-bond donors (Lipinski definition) is 0. The van der Waals surface area contributed by atoms with Crippen LogP contribution in [0, 0.1) is 12.3 Å². The van der Waals surface area contributed by atoms with Crippen molar-refractivity contribution in [2.75, 3.05) is 0 Å². The molecular formula is C8H17-. The Morgan fingerprint density at radius 1 is 1.38 bits per heavy atom. The van der Waals surface area contributed by atoms with E-state index < -0.39 is 0 Å². The van der Waals surface area contributed by atoms with Gasteiger partial charge in [0, 0.05) is 0 Å². The standard InChI is InChI=1S/C8H17/c1-4-5-6-7-8(2)3/h5,8H,4,6-7H2,1-3H3/q-1. The molecule has 0 aromatic carbocycles. The Hall–Kier alpha value is 0. The lowest BCUT2D eigenvalue weighted by Crippen LogP contribution is -1.85. The third-order valence-electron chi connectivity index (χ3n) is 1.24. The van der Waals surface area contributed by atoms with Crippen molar-refractivity contribution in [2.45, 2.75) is 40.0 Å². The molecule has 0 aliphatic heterocycles. The summed E-state index contributed by atoms with van der Waals surface area (Å²) in [6.07, 6.45) is 6.23. The van der Waals surface area contributed by atoms with E-state index in [1.54, 1.807) is 0 Å². The van der Waals surface area contributed by atoms with E-state index in [0.717, 1.165) is 5.92 Å². The quantitative estimate of drug-likeness (QED) is 0.388. The van der Waals surface area contributed by atoms with Crippen LogP contribution in [0.4, 0.5) is 0 Å². The van der Waals surface area contributed by atoms with Crippen molar-refractivity contribution in [3.05, 3.63) is 6.42 Å². The highest BCUT2D eigenvalue weighted by atomic mass is 14.0. The highest BCUT2D eigenvalue weighted by Gasteiger charge is 1.85. The van der Waals surface area contributed by atoms with Crippen LogP contribution in [0.5, 0.6) is 0 Å². The molecule has 0 nitrogen and oxygen atoms in total. The fourth-order valence-electron chi connectivity index (χ4n) is 0.655. The molecule has 0 spiro atoms. The molecule has 0 N–H and O–H groups in total. The van der Waals surface area contributed by atoms with E-state index in [2.05, 4.69) is 27.2 Å². The van der Waals surface area contributed by atoms with Gasteiger partial charge in [0.1, 0.15) is 0 Å². The molecule has 0 fully saturated rings. The van der Waals surface area contributed by atoms with Gasteiger partial charge in [0.15, 0.2) is 0 Å². The molecule has 0 heteroatoms. The van der Waals surface area contributed by atoms with Crippen molar-refractivity contribution in [1.82, 2.24) is 0 Å². The first-order valence-corrected chi connectivity index (χ1v) is 3.59. The molecule has 0 rings (SSSR count). The molecule has 0 heterocycles. The van der Waals surface area contributed by atoms with Gasteiger partial charge in [0.2, 0.25) is 0 Å². The molecule has 0 bridgehead atoms. The van der Waals surface area contributed by atoms with Gasteiger partial charge < -0.3 is 6.42 Å². The summed E-state index contributed by atoms with van der Waals surface area (Å²) >= 11 is 0. The van der Waals surface area contributed by atoms with Gasteiger partial charge in [-0.15, -0.1) is 0 Å². The second-order valence-electron chi connectivity index (χ2n) is 2.67. The molecule has 50 valence electrons. The maximum Gasteiger partial charge on any atom is -0.0496 e. The Labute approximate surface area is 53.3 Å². The van der Waals surface area contributed by atoms with Gasteiger partial charge >= 0.3 is 0 Å². The fourth-order valence-corrected chi connectivity index (χ4v) is 0.655. The first-order chi connectivity index (χ1) is 3.77. The first kappa shape index (κ1) is 8.00. The van der Waals surface area contributed by atoms with Gasteiger partial charge in [-0.05, 0) is 5.92 Å². The molecule has 0 unspecified atom stereocenters. The van der Waals surface area contributed by atoms with Crippen molar-refractivity contribution < 1.29 is 0 Å². The van der Waals surface area contributed by atoms with Crippen molar-refractivity contribution in [3.8, 4) is 0 Å². The van der Waals surface area contributed by atoms with Crippen molar-refractivity contribution in [1.29, 1.82) is 0 Å². The third kappa shape index (κ3) is 6.00. The van der Waals surface area contributed by atoms with Gasteiger partial charge in [0.05, 0.1) is 0 Å². The van der Waals surface area contributed by atoms with Crippen molar-refractivity contribution in [3.63, 3.8) is 0 Å². The second kappa shape index (κ2) is 5.14. The summed E-state index contributed by atoms with van der Waals surface area (Å²) in [4.78, 5) is 0. The minimum atomic E-state index is 0.873. The molecule has 0 radical (unpaired) electrons. The van der Waals surface area contributed by atoms with E-state index in [4.69, 9.17) is 0 Å². The van der Waals surface area contributed by atoms with E-state index in [1.165, 1.54) is 19.3 Å². The van der Waals surface area contributed by atoms with Crippen LogP contribution in [0.1, 0.15) is 40.0 Å². The number of rotatable bonds is 4. The fraction of sp³-hybridized carbons (Fsp3) is 0.875. The van der Waals surface area contributed by atoms with Crippen LogP contribution in [0.25, 0.3) is 0 Å². The minimum absolute atomic E-state index is 0.873. The van der Waals surface area contributed by atoms with Crippen molar-refractivity contribution >= 4 is 0 Å². The lowest BCUT2D eigenvalue weighted by atomic mass is 10.1. The molecular weight excluding hydrogens is 96.1 g/mol. The average molecular weight is 113 g/mol. The summed E-state index contributed by atoms with van der Waals surface area (Å²) in [6, 6.07) is 0. The first-order valence-electron chi connectivity index (χ1n) is 3.59. The Bertz CT molecular complexity index is 37.3. The molecule has 0 amide bonds. The summed E-state index contributed by atoms with van der Waals surface area (Å²) < 4.78 is 0. The molecule has 8 heavy (non-hydrogen) atoms. The summed E-state index contributed by atoms with van der Waals surface area (Å²) in [5.74, 6) is 0.873. The van der Waals surface area contributed by atoms with Gasteiger partial charge in [-0.2, -0.15) is 12.8 Å². The largest absolute Gasteiger partial charge is 0.329 e. The molecule has 0 aliphatic carbocycles. The Morgan fingerprint density at radius 3 is 2.38 bits per heavy atom. The Kier molecular flexibility index (Phi) is 5.14. The SMILES string of the molecule is CC[CH-]CCC(C)C. The smallest absolute Gasteiger partial charge is 0.0496 e. The maximum atomic E-state index is 2.35. The topological polar surface area (TPSA) is 0 Å². The van der Waals surface area contributed by atoms with Crippen molar-refractivity contribution in [2.24, 2.45) is 5.92 Å². The molecule has 0 aromatic heterocycles. The van der Waals surface area contributed by atoms with Gasteiger partial charge in [-0.25, -0.2) is 0 Å². The number of hydrogen-bond acceptors (Lipinski definition) is 0. The zero-order valence-corrected chi connectivity index (χ0v) is 6.28. The summed E-state index contributed by atoms with van der Waals surface area (Å²) in [7, 11) is 0. The zero-order valence-electron chi connectivity index (χ0n) is 6.28. The molecule has 0 aliphatic rings. The Morgan fingerprint density at radius 2 is 2.00 bits per heavy atom. The van der Waals surface area contributed by atoms with Crippen LogP contribution in [-0.2, 0) is 0 Å². The van der Waals surface area contributed by atoms with Crippen LogP contribution >= 0.6 is 0 Å². The second-order valence-corrected chi connectivity index (χ2v) is 2.67. The predicted molar refractivity (Wildman–Crippen MR) is 38.7 cm³/mol. The summed E-state index contributed by atoms with van der Waals surface area (Å²) in [6.45, 7) is 6.73. The summed E-state index contributed by atoms with van der Waals surface area (Å²) in [5.41, 5.74) is 0. The van der Waals surface area contributed by atoms with Crippen LogP contribution < -0.4 is 0 Å².